The highest BCUT2D eigenvalue weighted by molar-refractivity contribution is 5.95. The van der Waals surface area contributed by atoms with Crippen molar-refractivity contribution < 1.29 is 4.79 Å². The smallest absolute Gasteiger partial charge is 0.227 e. The molecule has 102 valence electrons. The lowest BCUT2D eigenvalue weighted by Crippen LogP contribution is -2.28. The minimum Gasteiger partial charge on any atom is -0.399 e. The van der Waals surface area contributed by atoms with Crippen LogP contribution >= 0.6 is 0 Å². The van der Waals surface area contributed by atoms with Gasteiger partial charge in [0.2, 0.25) is 5.91 Å². The van der Waals surface area contributed by atoms with Gasteiger partial charge in [-0.25, -0.2) is 0 Å². The number of carbonyl (C=O) groups excluding carboxylic acids is 1. The molecule has 3 heteroatoms. The SMILES string of the molecule is Nc1ccc2c(c1)CCN2C(=O)CCC1CCCC1. The zero-order chi connectivity index (χ0) is 13.2. The van der Waals surface area contributed by atoms with E-state index in [1.165, 1.54) is 31.2 Å². The molecule has 0 bridgehead atoms. The van der Waals surface area contributed by atoms with Crippen LogP contribution < -0.4 is 10.6 Å². The van der Waals surface area contributed by atoms with Crippen LogP contribution in [0.25, 0.3) is 0 Å². The molecule has 19 heavy (non-hydrogen) atoms. The van der Waals surface area contributed by atoms with E-state index in [0.717, 1.165) is 36.7 Å². The van der Waals surface area contributed by atoms with Gasteiger partial charge >= 0.3 is 0 Å². The summed E-state index contributed by atoms with van der Waals surface area (Å²) >= 11 is 0. The zero-order valence-electron chi connectivity index (χ0n) is 11.4. The van der Waals surface area contributed by atoms with Gasteiger partial charge in [-0.2, -0.15) is 0 Å². The minimum absolute atomic E-state index is 0.287. The van der Waals surface area contributed by atoms with Crippen molar-refractivity contribution in [2.75, 3.05) is 17.2 Å². The molecule has 2 N–H and O–H groups in total. The molecule has 0 spiro atoms. The number of hydrogen-bond acceptors (Lipinski definition) is 2. The Hall–Kier alpha value is -1.51. The maximum atomic E-state index is 12.3. The molecule has 1 fully saturated rings. The van der Waals surface area contributed by atoms with Crippen molar-refractivity contribution in [1.29, 1.82) is 0 Å². The van der Waals surface area contributed by atoms with Crippen LogP contribution in [0.4, 0.5) is 11.4 Å². The van der Waals surface area contributed by atoms with E-state index in [-0.39, 0.29) is 5.91 Å². The van der Waals surface area contributed by atoms with Crippen LogP contribution in [0.3, 0.4) is 0 Å². The number of anilines is 2. The third-order valence-electron chi connectivity index (χ3n) is 4.54. The second kappa shape index (κ2) is 5.24. The van der Waals surface area contributed by atoms with Gasteiger partial charge in [0.1, 0.15) is 0 Å². The lowest BCUT2D eigenvalue weighted by atomic mass is 10.0. The maximum Gasteiger partial charge on any atom is 0.227 e. The molecule has 3 rings (SSSR count). The molecule has 0 saturated heterocycles. The second-order valence-electron chi connectivity index (χ2n) is 5.87. The fourth-order valence-corrected chi connectivity index (χ4v) is 3.44. The van der Waals surface area contributed by atoms with Crippen molar-refractivity contribution in [3.63, 3.8) is 0 Å². The Kier molecular flexibility index (Phi) is 3.45. The fraction of sp³-hybridized carbons (Fsp3) is 0.562. The van der Waals surface area contributed by atoms with E-state index in [0.29, 0.717) is 6.42 Å². The van der Waals surface area contributed by atoms with Crippen LogP contribution in [-0.4, -0.2) is 12.5 Å². The highest BCUT2D eigenvalue weighted by Crippen LogP contribution is 2.32. The van der Waals surface area contributed by atoms with Crippen LogP contribution in [-0.2, 0) is 11.2 Å². The number of rotatable bonds is 3. The molecule has 1 aromatic carbocycles. The maximum absolute atomic E-state index is 12.3. The topological polar surface area (TPSA) is 46.3 Å². The Balaban J connectivity index is 1.62. The normalized spacial score (nSPS) is 18.8. The number of nitrogens with zero attached hydrogens (tertiary/aromatic N) is 1. The second-order valence-corrected chi connectivity index (χ2v) is 5.87. The van der Waals surface area contributed by atoms with Crippen LogP contribution in [0, 0.1) is 5.92 Å². The Morgan fingerprint density at radius 2 is 2.11 bits per heavy atom. The average Bonchev–Trinajstić information content (AvgIpc) is 3.04. The molecule has 1 saturated carbocycles. The first-order valence-electron chi connectivity index (χ1n) is 7.43. The summed E-state index contributed by atoms with van der Waals surface area (Å²) in [7, 11) is 0. The van der Waals surface area contributed by atoms with Crippen molar-refractivity contribution in [1.82, 2.24) is 0 Å². The molecule has 1 amide bonds. The van der Waals surface area contributed by atoms with Gasteiger partial charge in [-0.3, -0.25) is 4.79 Å². The first-order chi connectivity index (χ1) is 9.24. The summed E-state index contributed by atoms with van der Waals surface area (Å²) in [5.41, 5.74) is 8.87. The molecule has 0 radical (unpaired) electrons. The molecule has 1 heterocycles. The van der Waals surface area contributed by atoms with Gasteiger partial charge in [0.05, 0.1) is 0 Å². The first-order valence-corrected chi connectivity index (χ1v) is 7.43. The van der Waals surface area contributed by atoms with Gasteiger partial charge in [0, 0.05) is 24.3 Å². The van der Waals surface area contributed by atoms with E-state index in [4.69, 9.17) is 5.73 Å². The van der Waals surface area contributed by atoms with Crippen LogP contribution in [0.15, 0.2) is 18.2 Å². The Morgan fingerprint density at radius 3 is 2.89 bits per heavy atom. The zero-order valence-corrected chi connectivity index (χ0v) is 11.4. The van der Waals surface area contributed by atoms with Crippen molar-refractivity contribution in [2.45, 2.75) is 44.9 Å². The molecular formula is C16H22N2O. The molecular weight excluding hydrogens is 236 g/mol. The predicted octanol–water partition coefficient (Wildman–Crippen LogP) is 3.13. The number of hydrogen-bond donors (Lipinski definition) is 1. The summed E-state index contributed by atoms with van der Waals surface area (Å²) in [6.07, 6.45) is 8.06. The van der Waals surface area contributed by atoms with Gasteiger partial charge in [0.15, 0.2) is 0 Å². The average molecular weight is 258 g/mol. The number of carbonyl (C=O) groups is 1. The third-order valence-corrected chi connectivity index (χ3v) is 4.54. The van der Waals surface area contributed by atoms with Crippen molar-refractivity contribution >= 4 is 17.3 Å². The number of benzene rings is 1. The van der Waals surface area contributed by atoms with E-state index >= 15 is 0 Å². The Bertz CT molecular complexity index is 478. The summed E-state index contributed by atoms with van der Waals surface area (Å²) in [6.45, 7) is 0.822. The summed E-state index contributed by atoms with van der Waals surface area (Å²) in [6, 6.07) is 5.88. The standard InChI is InChI=1S/C16H22N2O/c17-14-6-7-15-13(11-14)9-10-18(15)16(19)8-5-12-3-1-2-4-12/h6-7,11-12H,1-5,8-10,17H2. The van der Waals surface area contributed by atoms with E-state index in [1.54, 1.807) is 0 Å². The number of nitrogen functional groups attached to an aromatic ring is 1. The van der Waals surface area contributed by atoms with E-state index in [1.807, 2.05) is 23.1 Å². The lowest BCUT2D eigenvalue weighted by molar-refractivity contribution is -0.118. The van der Waals surface area contributed by atoms with Crippen LogP contribution in [0.1, 0.15) is 44.1 Å². The van der Waals surface area contributed by atoms with Gasteiger partial charge in [-0.05, 0) is 42.5 Å². The minimum atomic E-state index is 0.287. The molecule has 3 nitrogen and oxygen atoms in total. The van der Waals surface area contributed by atoms with E-state index in [9.17, 15) is 4.79 Å². The quantitative estimate of drug-likeness (QED) is 0.847. The van der Waals surface area contributed by atoms with Crippen LogP contribution in [0.2, 0.25) is 0 Å². The van der Waals surface area contributed by atoms with E-state index < -0.39 is 0 Å². The number of amides is 1. The highest BCUT2D eigenvalue weighted by atomic mass is 16.2. The van der Waals surface area contributed by atoms with E-state index in [2.05, 4.69) is 0 Å². The summed E-state index contributed by atoms with van der Waals surface area (Å²) < 4.78 is 0. The first kappa shape index (κ1) is 12.5. The lowest BCUT2D eigenvalue weighted by Gasteiger charge is -2.18. The molecule has 2 aliphatic rings. The van der Waals surface area contributed by atoms with Gasteiger partial charge in [-0.15, -0.1) is 0 Å². The van der Waals surface area contributed by atoms with Gasteiger partial charge in [0.25, 0.3) is 0 Å². The molecule has 1 aliphatic carbocycles. The monoisotopic (exact) mass is 258 g/mol. The fourth-order valence-electron chi connectivity index (χ4n) is 3.44. The highest BCUT2D eigenvalue weighted by Gasteiger charge is 2.25. The largest absolute Gasteiger partial charge is 0.399 e. The third kappa shape index (κ3) is 2.60. The van der Waals surface area contributed by atoms with Gasteiger partial charge < -0.3 is 10.6 Å². The summed E-state index contributed by atoms with van der Waals surface area (Å²) in [4.78, 5) is 14.3. The Labute approximate surface area is 114 Å². The van der Waals surface area contributed by atoms with Crippen molar-refractivity contribution in [3.8, 4) is 0 Å². The molecule has 0 atom stereocenters. The van der Waals surface area contributed by atoms with Gasteiger partial charge in [-0.1, -0.05) is 25.7 Å². The van der Waals surface area contributed by atoms with Crippen molar-refractivity contribution in [3.05, 3.63) is 23.8 Å². The number of fused-ring (bicyclic) bond motifs is 1. The van der Waals surface area contributed by atoms with Crippen LogP contribution in [0.5, 0.6) is 0 Å². The molecule has 0 unspecified atom stereocenters. The number of nitrogens with two attached hydrogens (primary N) is 1. The summed E-state index contributed by atoms with van der Waals surface area (Å²) in [5.74, 6) is 1.08. The predicted molar refractivity (Wildman–Crippen MR) is 78.1 cm³/mol. The molecule has 1 aromatic rings. The molecule has 1 aliphatic heterocycles. The van der Waals surface area contributed by atoms with Crippen molar-refractivity contribution in [2.24, 2.45) is 5.92 Å². The Morgan fingerprint density at radius 1 is 1.32 bits per heavy atom. The summed E-state index contributed by atoms with van der Waals surface area (Å²) in [5, 5.41) is 0. The molecule has 0 aromatic heterocycles.